The zero-order chi connectivity index (χ0) is 11.0. The van der Waals surface area contributed by atoms with Crippen LogP contribution >= 0.6 is 0 Å². The number of phenolic OH excluding ortho intramolecular Hbond substituents is 1. The smallest absolute Gasteiger partial charge is 0.354 e. The van der Waals surface area contributed by atoms with Crippen LogP contribution in [0.3, 0.4) is 0 Å². The summed E-state index contributed by atoms with van der Waals surface area (Å²) < 4.78 is 4.93. The van der Waals surface area contributed by atoms with E-state index in [1.54, 1.807) is 13.0 Å². The van der Waals surface area contributed by atoms with Gasteiger partial charge in [0.2, 0.25) is 0 Å². The summed E-state index contributed by atoms with van der Waals surface area (Å²) >= 11 is 0. The van der Waals surface area contributed by atoms with Crippen molar-refractivity contribution in [1.82, 2.24) is 0 Å². The number of aromatic hydroxyl groups is 1. The molecule has 0 saturated heterocycles. The van der Waals surface area contributed by atoms with E-state index in [4.69, 9.17) is 9.68 Å². The number of phenols is 1. The number of hydrogen-bond donors (Lipinski definition) is 1. The molecule has 2 rings (SSSR count). The molecule has 0 radical (unpaired) electrons. The monoisotopic (exact) mass is 201 g/mol. The maximum atomic E-state index is 11.3. The van der Waals surface area contributed by atoms with Crippen LogP contribution in [0.2, 0.25) is 0 Å². The molecule has 74 valence electrons. The molecule has 1 N–H and O–H groups in total. The highest BCUT2D eigenvalue weighted by Gasteiger charge is 2.10. The van der Waals surface area contributed by atoms with Gasteiger partial charge in [-0.3, -0.25) is 0 Å². The van der Waals surface area contributed by atoms with Crippen LogP contribution < -0.4 is 5.63 Å². The van der Waals surface area contributed by atoms with Crippen LogP contribution in [0.15, 0.2) is 27.4 Å². The predicted molar refractivity (Wildman–Crippen MR) is 53.6 cm³/mol. The van der Waals surface area contributed by atoms with Crippen LogP contribution in [0.25, 0.3) is 11.0 Å². The van der Waals surface area contributed by atoms with Gasteiger partial charge in [-0.2, -0.15) is 5.26 Å². The van der Waals surface area contributed by atoms with Crippen LogP contribution in [0, 0.1) is 18.3 Å². The van der Waals surface area contributed by atoms with E-state index in [9.17, 15) is 9.90 Å². The normalized spacial score (nSPS) is 10.1. The van der Waals surface area contributed by atoms with Gasteiger partial charge < -0.3 is 9.52 Å². The molecule has 4 heteroatoms. The van der Waals surface area contributed by atoms with Gasteiger partial charge in [0.25, 0.3) is 0 Å². The number of fused-ring (bicyclic) bond motifs is 1. The Kier molecular flexibility index (Phi) is 1.94. The summed E-state index contributed by atoms with van der Waals surface area (Å²) in [6.45, 7) is 1.65. The molecule has 0 atom stereocenters. The van der Waals surface area contributed by atoms with Gasteiger partial charge in [0, 0.05) is 5.39 Å². The van der Waals surface area contributed by atoms with E-state index in [1.165, 1.54) is 18.2 Å². The average Bonchev–Trinajstić information content (AvgIpc) is 2.20. The highest BCUT2D eigenvalue weighted by Crippen LogP contribution is 2.23. The third-order valence-corrected chi connectivity index (χ3v) is 2.26. The van der Waals surface area contributed by atoms with Gasteiger partial charge in [0.15, 0.2) is 0 Å². The van der Waals surface area contributed by atoms with Crippen molar-refractivity contribution in [2.45, 2.75) is 6.92 Å². The van der Waals surface area contributed by atoms with Gasteiger partial charge in [-0.25, -0.2) is 4.79 Å². The minimum atomic E-state index is -0.645. The number of nitriles is 1. The molecule has 1 aromatic heterocycles. The van der Waals surface area contributed by atoms with Crippen molar-refractivity contribution < 1.29 is 9.52 Å². The molecule has 1 aromatic carbocycles. The van der Waals surface area contributed by atoms with E-state index < -0.39 is 5.63 Å². The topological polar surface area (TPSA) is 74.2 Å². The van der Waals surface area contributed by atoms with Crippen LogP contribution in [0.4, 0.5) is 0 Å². The quantitative estimate of drug-likeness (QED) is 0.658. The SMILES string of the molecule is Cc1c(C#N)c(=O)oc2ccc(O)cc12. The first-order valence-corrected chi connectivity index (χ1v) is 4.30. The number of hydrogen-bond acceptors (Lipinski definition) is 4. The molecule has 0 aliphatic rings. The highest BCUT2D eigenvalue weighted by molar-refractivity contribution is 5.83. The Labute approximate surface area is 85.0 Å². The Morgan fingerprint density at radius 2 is 2.20 bits per heavy atom. The molecule has 0 aliphatic carbocycles. The number of aryl methyl sites for hydroxylation is 1. The second-order valence-corrected chi connectivity index (χ2v) is 3.18. The Morgan fingerprint density at radius 3 is 2.87 bits per heavy atom. The van der Waals surface area contributed by atoms with E-state index in [0.29, 0.717) is 16.5 Å². The third-order valence-electron chi connectivity index (χ3n) is 2.26. The molecule has 1 heterocycles. The molecule has 15 heavy (non-hydrogen) atoms. The minimum Gasteiger partial charge on any atom is -0.508 e. The van der Waals surface area contributed by atoms with Crippen molar-refractivity contribution in [3.8, 4) is 11.8 Å². The lowest BCUT2D eigenvalue weighted by Gasteiger charge is -2.02. The van der Waals surface area contributed by atoms with Crippen LogP contribution in [-0.2, 0) is 0 Å². The van der Waals surface area contributed by atoms with Gasteiger partial charge in [0.1, 0.15) is 23.0 Å². The largest absolute Gasteiger partial charge is 0.508 e. The lowest BCUT2D eigenvalue weighted by Crippen LogP contribution is -2.06. The average molecular weight is 201 g/mol. The van der Waals surface area contributed by atoms with Crippen molar-refractivity contribution in [2.75, 3.05) is 0 Å². The van der Waals surface area contributed by atoms with E-state index in [2.05, 4.69) is 0 Å². The zero-order valence-corrected chi connectivity index (χ0v) is 7.94. The minimum absolute atomic E-state index is 0.0203. The van der Waals surface area contributed by atoms with Crippen molar-refractivity contribution in [1.29, 1.82) is 5.26 Å². The standard InChI is InChI=1S/C11H7NO3/c1-6-8-4-7(13)2-3-10(8)15-11(14)9(6)5-12/h2-4,13H,1H3. The molecule has 0 bridgehead atoms. The van der Waals surface area contributed by atoms with Gasteiger partial charge >= 0.3 is 5.63 Å². The van der Waals surface area contributed by atoms with Crippen LogP contribution in [0.5, 0.6) is 5.75 Å². The predicted octanol–water partition coefficient (Wildman–Crippen LogP) is 1.68. The summed E-state index contributed by atoms with van der Waals surface area (Å²) in [6.07, 6.45) is 0. The lowest BCUT2D eigenvalue weighted by molar-refractivity contribution is 0.475. The zero-order valence-electron chi connectivity index (χ0n) is 7.94. The molecule has 4 nitrogen and oxygen atoms in total. The Balaban J connectivity index is 3.00. The summed E-state index contributed by atoms with van der Waals surface area (Å²) in [6, 6.07) is 6.18. The second-order valence-electron chi connectivity index (χ2n) is 3.18. The molecule has 0 saturated carbocycles. The Hall–Kier alpha value is -2.28. The maximum Gasteiger partial charge on any atom is 0.354 e. The van der Waals surface area contributed by atoms with E-state index in [-0.39, 0.29) is 11.3 Å². The molecule has 0 fully saturated rings. The molecule has 0 spiro atoms. The van der Waals surface area contributed by atoms with Gasteiger partial charge in [0.05, 0.1) is 0 Å². The number of benzene rings is 1. The van der Waals surface area contributed by atoms with Crippen LogP contribution in [-0.4, -0.2) is 5.11 Å². The molecule has 0 aliphatic heterocycles. The number of rotatable bonds is 0. The molecular weight excluding hydrogens is 194 g/mol. The first-order valence-electron chi connectivity index (χ1n) is 4.30. The van der Waals surface area contributed by atoms with E-state index in [1.807, 2.05) is 0 Å². The van der Waals surface area contributed by atoms with E-state index in [0.717, 1.165) is 0 Å². The summed E-state index contributed by atoms with van der Waals surface area (Å²) in [5.41, 5.74) is 0.232. The molecule has 0 unspecified atom stereocenters. The highest BCUT2D eigenvalue weighted by atomic mass is 16.4. The van der Waals surface area contributed by atoms with E-state index >= 15 is 0 Å². The van der Waals surface area contributed by atoms with Gasteiger partial charge in [-0.1, -0.05) is 0 Å². The van der Waals surface area contributed by atoms with Crippen molar-refractivity contribution >= 4 is 11.0 Å². The van der Waals surface area contributed by atoms with Gasteiger partial charge in [-0.15, -0.1) is 0 Å². The Bertz CT molecular complexity index is 635. The fourth-order valence-electron chi connectivity index (χ4n) is 1.47. The van der Waals surface area contributed by atoms with Gasteiger partial charge in [-0.05, 0) is 30.7 Å². The molecular formula is C11H7NO3. The van der Waals surface area contributed by atoms with Crippen LogP contribution in [0.1, 0.15) is 11.1 Å². The van der Waals surface area contributed by atoms with Crippen molar-refractivity contribution in [3.63, 3.8) is 0 Å². The summed E-state index contributed by atoms with van der Waals surface area (Å²) in [4.78, 5) is 11.3. The maximum absolute atomic E-state index is 11.3. The summed E-state index contributed by atoms with van der Waals surface area (Å²) in [5, 5.41) is 18.6. The lowest BCUT2D eigenvalue weighted by atomic mass is 10.1. The Morgan fingerprint density at radius 1 is 1.47 bits per heavy atom. The summed E-state index contributed by atoms with van der Waals surface area (Å²) in [7, 11) is 0. The first-order chi connectivity index (χ1) is 7.13. The fourth-order valence-corrected chi connectivity index (χ4v) is 1.47. The van der Waals surface area contributed by atoms with Crippen molar-refractivity contribution in [2.24, 2.45) is 0 Å². The fraction of sp³-hybridized carbons (Fsp3) is 0.0909. The van der Waals surface area contributed by atoms with Crippen molar-refractivity contribution in [3.05, 3.63) is 39.7 Å². The third kappa shape index (κ3) is 1.34. The first kappa shape index (κ1) is 9.28. The molecule has 0 amide bonds. The number of nitrogens with zero attached hydrogens (tertiary/aromatic N) is 1. The molecule has 2 aromatic rings. The summed E-state index contributed by atoms with van der Waals surface area (Å²) in [5.74, 6) is 0.0725. The second kappa shape index (κ2) is 3.14.